The monoisotopic (exact) mass is 504 g/mol. The van der Waals surface area contributed by atoms with Crippen LogP contribution in [0.4, 0.5) is 5.69 Å². The van der Waals surface area contributed by atoms with Crippen LogP contribution in [0.2, 0.25) is 0 Å². The van der Waals surface area contributed by atoms with Gasteiger partial charge in [-0.05, 0) is 49.4 Å². The van der Waals surface area contributed by atoms with Gasteiger partial charge in [-0.1, -0.05) is 50.6 Å². The fraction of sp³-hybridized carbons (Fsp3) is 0.433. The summed E-state index contributed by atoms with van der Waals surface area (Å²) in [5.74, 6) is -0.159. The van der Waals surface area contributed by atoms with Crippen LogP contribution in [0.3, 0.4) is 0 Å². The lowest BCUT2D eigenvalue weighted by molar-refractivity contribution is -0.127. The zero-order valence-corrected chi connectivity index (χ0v) is 22.0. The highest BCUT2D eigenvalue weighted by atomic mass is 16.2. The topological polar surface area (TPSA) is 131 Å². The van der Waals surface area contributed by atoms with Gasteiger partial charge >= 0.3 is 0 Å². The van der Waals surface area contributed by atoms with Gasteiger partial charge in [-0.2, -0.15) is 0 Å². The zero-order valence-electron chi connectivity index (χ0n) is 22.0. The molecular formula is C30H40N4O3. The molecule has 2 aromatic carbocycles. The number of carbonyl (C=O) groups is 3. The summed E-state index contributed by atoms with van der Waals surface area (Å²) >= 11 is 0. The van der Waals surface area contributed by atoms with Crippen LogP contribution in [0.5, 0.6) is 0 Å². The Hall–Kier alpha value is -3.45. The van der Waals surface area contributed by atoms with Crippen molar-refractivity contribution in [1.29, 1.82) is 0 Å². The van der Waals surface area contributed by atoms with Crippen molar-refractivity contribution in [2.75, 3.05) is 5.73 Å². The molecule has 7 heteroatoms. The predicted molar refractivity (Wildman–Crippen MR) is 149 cm³/mol. The van der Waals surface area contributed by atoms with Crippen molar-refractivity contribution in [3.63, 3.8) is 0 Å². The molecule has 37 heavy (non-hydrogen) atoms. The highest BCUT2D eigenvalue weighted by molar-refractivity contribution is 6.02. The van der Waals surface area contributed by atoms with Crippen LogP contribution in [-0.4, -0.2) is 34.5 Å². The number of ketones is 2. The van der Waals surface area contributed by atoms with Crippen molar-refractivity contribution in [3.8, 4) is 0 Å². The molecule has 3 unspecified atom stereocenters. The Morgan fingerprint density at radius 2 is 1.68 bits per heavy atom. The number of anilines is 1. The molecule has 0 saturated carbocycles. The molecule has 0 aliphatic rings. The summed E-state index contributed by atoms with van der Waals surface area (Å²) in [7, 11) is 0. The van der Waals surface area contributed by atoms with E-state index >= 15 is 0 Å². The molecule has 1 amide bonds. The van der Waals surface area contributed by atoms with Crippen LogP contribution in [0.1, 0.15) is 74.7 Å². The van der Waals surface area contributed by atoms with Gasteiger partial charge in [0.1, 0.15) is 0 Å². The van der Waals surface area contributed by atoms with E-state index in [1.807, 2.05) is 49.5 Å². The summed E-state index contributed by atoms with van der Waals surface area (Å²) in [5, 5.41) is 3.97. The number of benzene rings is 2. The molecule has 0 radical (unpaired) electrons. The lowest BCUT2D eigenvalue weighted by Crippen LogP contribution is -2.42. The van der Waals surface area contributed by atoms with Crippen molar-refractivity contribution in [2.45, 2.75) is 77.3 Å². The number of carbonyl (C=O) groups excluding carboxylic acids is 3. The normalized spacial score (nSPS) is 13.7. The number of para-hydroxylation sites is 2. The molecule has 198 valence electrons. The van der Waals surface area contributed by atoms with Gasteiger partial charge < -0.3 is 21.8 Å². The Morgan fingerprint density at radius 1 is 0.973 bits per heavy atom. The van der Waals surface area contributed by atoms with Crippen LogP contribution in [0.15, 0.2) is 54.7 Å². The summed E-state index contributed by atoms with van der Waals surface area (Å²) in [6, 6.07) is 14.5. The smallest absolute Gasteiger partial charge is 0.220 e. The number of hydrogen-bond donors (Lipinski definition) is 4. The molecule has 0 fully saturated rings. The molecule has 0 aliphatic carbocycles. The van der Waals surface area contributed by atoms with E-state index in [1.165, 1.54) is 0 Å². The number of amides is 1. The Morgan fingerprint density at radius 3 is 2.43 bits per heavy atom. The number of aromatic amines is 1. The van der Waals surface area contributed by atoms with Crippen LogP contribution in [0.25, 0.3) is 10.9 Å². The van der Waals surface area contributed by atoms with E-state index in [-0.39, 0.29) is 29.4 Å². The lowest BCUT2D eigenvalue weighted by Gasteiger charge is -2.18. The molecule has 0 spiro atoms. The van der Waals surface area contributed by atoms with E-state index < -0.39 is 6.04 Å². The lowest BCUT2D eigenvalue weighted by atomic mass is 9.92. The van der Waals surface area contributed by atoms with Gasteiger partial charge in [-0.25, -0.2) is 0 Å². The quantitative estimate of drug-likeness (QED) is 0.172. The summed E-state index contributed by atoms with van der Waals surface area (Å²) in [4.78, 5) is 41.1. The van der Waals surface area contributed by atoms with Crippen LogP contribution >= 0.6 is 0 Å². The van der Waals surface area contributed by atoms with Gasteiger partial charge in [-0.3, -0.25) is 14.4 Å². The van der Waals surface area contributed by atoms with Crippen LogP contribution < -0.4 is 16.8 Å². The number of hydrogen-bond acceptors (Lipinski definition) is 5. The minimum Gasteiger partial charge on any atom is -0.398 e. The Bertz CT molecular complexity index is 1200. The third-order valence-corrected chi connectivity index (χ3v) is 7.03. The zero-order chi connectivity index (χ0) is 26.8. The molecule has 3 aromatic rings. The molecule has 0 bridgehead atoms. The molecule has 0 saturated heterocycles. The standard InChI is InChI=1S/C30H40N4O3/c1-3-29(36)34-27(18-21-19-33-26-16-7-5-13-23(21)26)28(35)17-9-12-22(31)11-8-10-20(2)30(37)24-14-4-6-15-25(24)32/h4-7,13-16,19-20,22,27,33H,3,8-12,17-18,31-32H2,1-2H3,(H,34,36). The highest BCUT2D eigenvalue weighted by Gasteiger charge is 2.22. The van der Waals surface area contributed by atoms with Gasteiger partial charge in [0.05, 0.1) is 6.04 Å². The number of rotatable bonds is 15. The Balaban J connectivity index is 1.44. The maximum atomic E-state index is 13.1. The maximum Gasteiger partial charge on any atom is 0.220 e. The predicted octanol–water partition coefficient (Wildman–Crippen LogP) is 4.94. The van der Waals surface area contributed by atoms with E-state index in [2.05, 4.69) is 10.3 Å². The molecule has 0 aliphatic heterocycles. The van der Waals surface area contributed by atoms with Crippen LogP contribution in [0, 0.1) is 5.92 Å². The molecule has 3 rings (SSSR count). The second-order valence-electron chi connectivity index (χ2n) is 9.94. The van der Waals surface area contributed by atoms with E-state index in [0.29, 0.717) is 36.9 Å². The Labute approximate surface area is 219 Å². The van der Waals surface area contributed by atoms with Crippen molar-refractivity contribution in [2.24, 2.45) is 11.7 Å². The van der Waals surface area contributed by atoms with Crippen molar-refractivity contribution in [3.05, 3.63) is 65.9 Å². The number of H-pyrrole nitrogens is 1. The number of Topliss-reactive ketones (excluding diaryl/α,β-unsaturated/α-hetero) is 2. The Kier molecular flexibility index (Phi) is 10.4. The molecular weight excluding hydrogens is 464 g/mol. The average molecular weight is 505 g/mol. The second kappa shape index (κ2) is 13.7. The fourth-order valence-corrected chi connectivity index (χ4v) is 4.72. The minimum atomic E-state index is -0.555. The third-order valence-electron chi connectivity index (χ3n) is 7.03. The summed E-state index contributed by atoms with van der Waals surface area (Å²) in [5.41, 5.74) is 15.4. The van der Waals surface area contributed by atoms with E-state index in [0.717, 1.165) is 42.1 Å². The van der Waals surface area contributed by atoms with E-state index in [9.17, 15) is 14.4 Å². The second-order valence-corrected chi connectivity index (χ2v) is 9.94. The first-order valence-corrected chi connectivity index (χ1v) is 13.3. The van der Waals surface area contributed by atoms with Crippen LogP contribution in [-0.2, 0) is 16.0 Å². The molecule has 7 nitrogen and oxygen atoms in total. The number of fused-ring (bicyclic) bond motifs is 1. The first-order valence-electron chi connectivity index (χ1n) is 13.3. The molecule has 3 atom stereocenters. The SMILES string of the molecule is CCC(=O)NC(Cc1c[nH]c2ccccc12)C(=O)CCCC(N)CCCC(C)C(=O)c1ccccc1N. The summed E-state index contributed by atoms with van der Waals surface area (Å²) in [6.07, 6.45) is 6.84. The van der Waals surface area contributed by atoms with Gasteiger partial charge in [0, 0.05) is 59.6 Å². The molecule has 6 N–H and O–H groups in total. The highest BCUT2D eigenvalue weighted by Crippen LogP contribution is 2.22. The average Bonchev–Trinajstić information content (AvgIpc) is 3.30. The minimum absolute atomic E-state index is 0.0268. The largest absolute Gasteiger partial charge is 0.398 e. The van der Waals surface area contributed by atoms with Crippen molar-refractivity contribution in [1.82, 2.24) is 10.3 Å². The third kappa shape index (κ3) is 8.02. The fourth-order valence-electron chi connectivity index (χ4n) is 4.72. The number of nitrogens with one attached hydrogen (secondary N) is 2. The maximum absolute atomic E-state index is 13.1. The van der Waals surface area contributed by atoms with Gasteiger partial charge in [0.15, 0.2) is 11.6 Å². The van der Waals surface area contributed by atoms with Crippen molar-refractivity contribution < 1.29 is 14.4 Å². The first kappa shape index (κ1) is 28.1. The summed E-state index contributed by atoms with van der Waals surface area (Å²) < 4.78 is 0. The van der Waals surface area contributed by atoms with E-state index in [1.54, 1.807) is 19.1 Å². The van der Waals surface area contributed by atoms with Gasteiger partial charge in [-0.15, -0.1) is 0 Å². The first-order chi connectivity index (χ1) is 17.8. The number of nitrogen functional groups attached to an aromatic ring is 1. The van der Waals surface area contributed by atoms with Gasteiger partial charge in [0.2, 0.25) is 5.91 Å². The summed E-state index contributed by atoms with van der Waals surface area (Å²) in [6.45, 7) is 3.71. The van der Waals surface area contributed by atoms with E-state index in [4.69, 9.17) is 11.5 Å². The van der Waals surface area contributed by atoms with Gasteiger partial charge in [0.25, 0.3) is 0 Å². The number of nitrogens with two attached hydrogens (primary N) is 2. The number of aromatic nitrogens is 1. The molecule has 1 heterocycles. The van der Waals surface area contributed by atoms with Crippen molar-refractivity contribution >= 4 is 34.1 Å². The molecule has 1 aromatic heterocycles.